The number of para-hydroxylation sites is 1. The second kappa shape index (κ2) is 7.43. The van der Waals surface area contributed by atoms with Crippen LogP contribution in [0.2, 0.25) is 0 Å². The van der Waals surface area contributed by atoms with Crippen molar-refractivity contribution in [2.24, 2.45) is 0 Å². The van der Waals surface area contributed by atoms with Crippen LogP contribution < -0.4 is 4.90 Å². The number of furan rings is 1. The van der Waals surface area contributed by atoms with Crippen molar-refractivity contribution in [2.75, 3.05) is 4.90 Å². The van der Waals surface area contributed by atoms with Gasteiger partial charge in [-0.15, -0.1) is 0 Å². The van der Waals surface area contributed by atoms with Crippen LogP contribution >= 0.6 is 11.3 Å². The molecule has 0 saturated carbocycles. The van der Waals surface area contributed by atoms with Crippen molar-refractivity contribution < 1.29 is 19.1 Å². The number of fused-ring (bicyclic) bond motifs is 2. The van der Waals surface area contributed by atoms with Crippen molar-refractivity contribution >= 4 is 54.9 Å². The fourth-order valence-electron chi connectivity index (χ4n) is 4.29. The van der Waals surface area contributed by atoms with Crippen LogP contribution in [0.15, 0.2) is 95.1 Å². The molecule has 1 fully saturated rings. The van der Waals surface area contributed by atoms with Crippen molar-refractivity contribution in [2.45, 2.75) is 6.04 Å². The predicted octanol–water partition coefficient (Wildman–Crippen LogP) is 5.67. The maximum Gasteiger partial charge on any atom is 0.302 e. The lowest BCUT2D eigenvalue weighted by Gasteiger charge is -2.20. The molecule has 5 aromatic rings. The average Bonchev–Trinajstić information content (AvgIpc) is 3.57. The minimum absolute atomic E-state index is 0.0226. The quantitative estimate of drug-likeness (QED) is 0.217. The highest BCUT2D eigenvalue weighted by Gasteiger charge is 2.49. The molecule has 6 rings (SSSR count). The van der Waals surface area contributed by atoms with Gasteiger partial charge in [-0.2, -0.15) is 0 Å². The highest BCUT2D eigenvalue weighted by atomic mass is 32.1. The van der Waals surface area contributed by atoms with E-state index in [4.69, 9.17) is 4.42 Å². The molecule has 1 amide bonds. The van der Waals surface area contributed by atoms with Gasteiger partial charge in [-0.25, -0.2) is 4.98 Å². The summed E-state index contributed by atoms with van der Waals surface area (Å²) < 4.78 is 6.52. The molecule has 0 spiro atoms. The molecule has 1 aliphatic heterocycles. The van der Waals surface area contributed by atoms with Crippen molar-refractivity contribution in [1.29, 1.82) is 0 Å². The molecule has 160 valence electrons. The summed E-state index contributed by atoms with van der Waals surface area (Å²) in [5.41, 5.74) is 1.18. The van der Waals surface area contributed by atoms with Gasteiger partial charge in [-0.05, 0) is 35.0 Å². The van der Waals surface area contributed by atoms with Gasteiger partial charge in [0.2, 0.25) is 0 Å². The third kappa shape index (κ3) is 2.97. The number of carbonyl (C=O) groups is 2. The lowest BCUT2D eigenvalue weighted by atomic mass is 9.96. The minimum Gasteiger partial charge on any atom is -0.507 e. The Bertz CT molecular complexity index is 1540. The number of amides is 1. The summed E-state index contributed by atoms with van der Waals surface area (Å²) in [6.45, 7) is 0. The third-order valence-electron chi connectivity index (χ3n) is 5.79. The summed E-state index contributed by atoms with van der Waals surface area (Å²) in [4.78, 5) is 32.4. The summed E-state index contributed by atoms with van der Waals surface area (Å²) >= 11 is 1.31. The van der Waals surface area contributed by atoms with Gasteiger partial charge in [0, 0.05) is 5.56 Å². The molecule has 0 radical (unpaired) electrons. The first-order chi connectivity index (χ1) is 16.1. The van der Waals surface area contributed by atoms with Crippen molar-refractivity contribution in [3.63, 3.8) is 0 Å². The number of hydrogen-bond donors (Lipinski definition) is 1. The standard InChI is InChI=1S/C26H16N2O4S/c29-23(17-10-5-8-15-7-1-2-9-16(15)17)21-22(19-12-6-14-32-19)28(25(31)24(21)30)26-27-18-11-3-4-13-20(18)33-26/h1-14,22,29H/b23-21+. The lowest BCUT2D eigenvalue weighted by molar-refractivity contribution is -0.132. The molecule has 1 atom stereocenters. The summed E-state index contributed by atoms with van der Waals surface area (Å²) in [6, 6.07) is 23.0. The van der Waals surface area contributed by atoms with Gasteiger partial charge in [0.15, 0.2) is 5.13 Å². The molecule has 7 heteroatoms. The number of anilines is 1. The third-order valence-corrected chi connectivity index (χ3v) is 6.83. The number of thiazole rings is 1. The first-order valence-corrected chi connectivity index (χ1v) is 11.1. The van der Waals surface area contributed by atoms with Crippen molar-refractivity contribution in [1.82, 2.24) is 4.98 Å². The van der Waals surface area contributed by atoms with Gasteiger partial charge in [0.05, 0.1) is 22.1 Å². The van der Waals surface area contributed by atoms with E-state index in [0.29, 0.717) is 16.5 Å². The van der Waals surface area contributed by atoms with Gasteiger partial charge < -0.3 is 9.52 Å². The molecule has 3 aromatic carbocycles. The Hall–Kier alpha value is -4.23. The van der Waals surface area contributed by atoms with Crippen LogP contribution in [0.5, 0.6) is 0 Å². The normalized spacial score (nSPS) is 17.9. The van der Waals surface area contributed by atoms with Gasteiger partial charge in [-0.3, -0.25) is 14.5 Å². The van der Waals surface area contributed by atoms with Crippen LogP contribution in [0.4, 0.5) is 5.13 Å². The number of hydrogen-bond acceptors (Lipinski definition) is 6. The van der Waals surface area contributed by atoms with Crippen LogP contribution in [0.1, 0.15) is 17.4 Å². The number of Topliss-reactive ketones (excluding diaryl/α,β-unsaturated/α-hetero) is 1. The van der Waals surface area contributed by atoms with Crippen LogP contribution in [-0.4, -0.2) is 21.8 Å². The Balaban J connectivity index is 1.60. The van der Waals surface area contributed by atoms with E-state index in [9.17, 15) is 14.7 Å². The zero-order valence-corrected chi connectivity index (χ0v) is 18.0. The molecule has 0 aliphatic carbocycles. The van der Waals surface area contributed by atoms with E-state index in [2.05, 4.69) is 4.98 Å². The number of rotatable bonds is 3. The summed E-state index contributed by atoms with van der Waals surface area (Å²) in [5.74, 6) is -1.40. The van der Waals surface area contributed by atoms with Gasteiger partial charge in [0.25, 0.3) is 5.78 Å². The van der Waals surface area contributed by atoms with Gasteiger partial charge >= 0.3 is 5.91 Å². The minimum atomic E-state index is -0.931. The number of nitrogens with zero attached hydrogens (tertiary/aromatic N) is 2. The molecule has 33 heavy (non-hydrogen) atoms. The number of aromatic nitrogens is 1. The number of ketones is 1. The number of carbonyl (C=O) groups excluding carboxylic acids is 2. The first kappa shape index (κ1) is 19.5. The van der Waals surface area contributed by atoms with Crippen molar-refractivity contribution in [3.05, 3.63) is 102 Å². The van der Waals surface area contributed by atoms with Crippen LogP contribution in [0, 0.1) is 0 Å². The molecule has 1 N–H and O–H groups in total. The predicted molar refractivity (Wildman–Crippen MR) is 127 cm³/mol. The molecule has 2 aromatic heterocycles. The van der Waals surface area contributed by atoms with E-state index in [0.717, 1.165) is 21.0 Å². The maximum atomic E-state index is 13.3. The largest absolute Gasteiger partial charge is 0.507 e. The highest BCUT2D eigenvalue weighted by molar-refractivity contribution is 7.22. The zero-order chi connectivity index (χ0) is 22.5. The van der Waals surface area contributed by atoms with E-state index < -0.39 is 17.7 Å². The molecule has 1 saturated heterocycles. The topological polar surface area (TPSA) is 83.6 Å². The van der Waals surface area contributed by atoms with Crippen LogP contribution in [-0.2, 0) is 9.59 Å². The summed E-state index contributed by atoms with van der Waals surface area (Å²) in [6.07, 6.45) is 1.48. The summed E-state index contributed by atoms with van der Waals surface area (Å²) in [5, 5.41) is 13.5. The fraction of sp³-hybridized carbons (Fsp3) is 0.0385. The van der Waals surface area contributed by atoms with Crippen LogP contribution in [0.25, 0.3) is 26.7 Å². The van der Waals surface area contributed by atoms with Crippen molar-refractivity contribution in [3.8, 4) is 0 Å². The molecule has 0 bridgehead atoms. The Kier molecular flexibility index (Phi) is 4.38. The van der Waals surface area contributed by atoms with E-state index in [1.165, 1.54) is 22.5 Å². The van der Waals surface area contributed by atoms with Crippen LogP contribution in [0.3, 0.4) is 0 Å². The average molecular weight is 452 g/mol. The first-order valence-electron chi connectivity index (χ1n) is 10.3. The number of aliphatic hydroxyl groups excluding tert-OH is 1. The maximum absolute atomic E-state index is 13.3. The monoisotopic (exact) mass is 452 g/mol. The second-order valence-electron chi connectivity index (χ2n) is 7.68. The van der Waals surface area contributed by atoms with E-state index in [1.807, 2.05) is 60.7 Å². The number of aliphatic hydroxyl groups is 1. The Morgan fingerprint density at radius 2 is 1.73 bits per heavy atom. The molecular formula is C26H16N2O4S. The molecular weight excluding hydrogens is 436 g/mol. The Morgan fingerprint density at radius 3 is 2.55 bits per heavy atom. The molecule has 1 unspecified atom stereocenters. The second-order valence-corrected chi connectivity index (χ2v) is 8.68. The number of benzene rings is 3. The summed E-state index contributed by atoms with van der Waals surface area (Å²) in [7, 11) is 0. The Labute approximate surface area is 192 Å². The molecule has 3 heterocycles. The SMILES string of the molecule is O=C1C(=O)N(c2nc3ccccc3s2)C(c2ccco2)/C1=C(\O)c1cccc2ccccc12. The van der Waals surface area contributed by atoms with E-state index in [-0.39, 0.29) is 11.3 Å². The lowest BCUT2D eigenvalue weighted by Crippen LogP contribution is -2.29. The van der Waals surface area contributed by atoms with E-state index in [1.54, 1.807) is 18.2 Å². The smallest absolute Gasteiger partial charge is 0.302 e. The Morgan fingerprint density at radius 1 is 0.939 bits per heavy atom. The zero-order valence-electron chi connectivity index (χ0n) is 17.1. The molecule has 1 aliphatic rings. The molecule has 6 nitrogen and oxygen atoms in total. The van der Waals surface area contributed by atoms with Gasteiger partial charge in [-0.1, -0.05) is 65.9 Å². The fourth-order valence-corrected chi connectivity index (χ4v) is 5.28. The van der Waals surface area contributed by atoms with E-state index >= 15 is 0 Å². The van der Waals surface area contributed by atoms with Gasteiger partial charge in [0.1, 0.15) is 17.6 Å². The highest BCUT2D eigenvalue weighted by Crippen LogP contribution is 2.44.